The quantitative estimate of drug-likeness (QED) is 0.330. The second-order valence-electron chi connectivity index (χ2n) is 2.29. The molecule has 4 heteroatoms. The summed E-state index contributed by atoms with van der Waals surface area (Å²) in [5.41, 5.74) is 0. The van der Waals surface area contributed by atoms with Crippen LogP contribution in [0.2, 0.25) is 0 Å². The minimum Gasteiger partial charge on any atom is -0.411 e. The van der Waals surface area contributed by atoms with Gasteiger partial charge in [-0.05, 0) is 0 Å². The van der Waals surface area contributed by atoms with Crippen LogP contribution in [0.4, 0.5) is 8.78 Å². The largest absolute Gasteiger partial charge is 0.411 e. The third-order valence-electron chi connectivity index (χ3n) is 1.40. The first-order chi connectivity index (χ1) is 4.14. The van der Waals surface area contributed by atoms with Crippen LogP contribution in [0.25, 0.3) is 0 Å². The molecule has 1 aliphatic rings. The van der Waals surface area contributed by atoms with Crippen molar-refractivity contribution in [3.8, 4) is 0 Å². The third-order valence-corrected chi connectivity index (χ3v) is 1.40. The Morgan fingerprint density at radius 3 is 2.44 bits per heavy atom. The van der Waals surface area contributed by atoms with Crippen molar-refractivity contribution in [2.45, 2.75) is 18.8 Å². The lowest BCUT2D eigenvalue weighted by atomic mass is 9.82. The van der Waals surface area contributed by atoms with Crippen molar-refractivity contribution in [2.24, 2.45) is 11.1 Å². The molecule has 0 unspecified atom stereocenters. The molecule has 1 fully saturated rings. The van der Waals surface area contributed by atoms with Gasteiger partial charge in [0.2, 0.25) is 5.92 Å². The van der Waals surface area contributed by atoms with Crippen LogP contribution in [0.15, 0.2) is 5.16 Å². The van der Waals surface area contributed by atoms with Gasteiger partial charge in [-0.1, -0.05) is 0 Å². The molecular weight excluding hydrogens is 128 g/mol. The van der Waals surface area contributed by atoms with Crippen molar-refractivity contribution >= 4 is 6.21 Å². The Hall–Kier alpha value is -0.670. The van der Waals surface area contributed by atoms with E-state index in [-0.39, 0.29) is 18.8 Å². The molecular formula is C5H7F2NO. The molecule has 1 rings (SSSR count). The maximum Gasteiger partial charge on any atom is 0.249 e. The maximum absolute atomic E-state index is 12.0. The molecule has 2 nitrogen and oxygen atoms in total. The van der Waals surface area contributed by atoms with Crippen LogP contribution in [-0.4, -0.2) is 17.3 Å². The Morgan fingerprint density at radius 2 is 2.11 bits per heavy atom. The molecule has 1 aliphatic carbocycles. The predicted molar refractivity (Wildman–Crippen MR) is 27.9 cm³/mol. The zero-order valence-corrected chi connectivity index (χ0v) is 4.72. The zero-order valence-electron chi connectivity index (χ0n) is 4.72. The van der Waals surface area contributed by atoms with Crippen LogP contribution < -0.4 is 0 Å². The second-order valence-corrected chi connectivity index (χ2v) is 2.29. The van der Waals surface area contributed by atoms with E-state index in [1.807, 2.05) is 0 Å². The molecule has 0 radical (unpaired) electrons. The van der Waals surface area contributed by atoms with Crippen molar-refractivity contribution < 1.29 is 14.0 Å². The number of rotatable bonds is 1. The maximum atomic E-state index is 12.0. The number of halogens is 2. The molecule has 0 atom stereocenters. The summed E-state index contributed by atoms with van der Waals surface area (Å²) in [6.07, 6.45) is 0.811. The average molecular weight is 135 g/mol. The summed E-state index contributed by atoms with van der Waals surface area (Å²) < 4.78 is 23.9. The minimum absolute atomic E-state index is 0.170. The number of oxime groups is 1. The average Bonchev–Trinajstić information content (AvgIpc) is 1.62. The van der Waals surface area contributed by atoms with Gasteiger partial charge in [0.25, 0.3) is 0 Å². The SMILES string of the molecule is O/N=C/C1CC(F)(F)C1. The van der Waals surface area contributed by atoms with E-state index in [2.05, 4.69) is 5.16 Å². The van der Waals surface area contributed by atoms with Gasteiger partial charge in [-0.15, -0.1) is 5.16 Å². The van der Waals surface area contributed by atoms with Crippen molar-refractivity contribution in [3.63, 3.8) is 0 Å². The first-order valence-electron chi connectivity index (χ1n) is 2.69. The Kier molecular flexibility index (Phi) is 1.38. The Morgan fingerprint density at radius 1 is 1.56 bits per heavy atom. The fourth-order valence-electron chi connectivity index (χ4n) is 0.907. The lowest BCUT2D eigenvalue weighted by Gasteiger charge is -2.31. The Balaban J connectivity index is 2.27. The lowest BCUT2D eigenvalue weighted by Crippen LogP contribution is -2.36. The van der Waals surface area contributed by atoms with Gasteiger partial charge >= 0.3 is 0 Å². The van der Waals surface area contributed by atoms with Crippen LogP contribution in [-0.2, 0) is 0 Å². The summed E-state index contributed by atoms with van der Waals surface area (Å²) in [5.74, 6) is -2.73. The van der Waals surface area contributed by atoms with E-state index in [0.29, 0.717) is 0 Å². The Bertz CT molecular complexity index is 127. The van der Waals surface area contributed by atoms with E-state index in [1.165, 1.54) is 0 Å². The molecule has 0 spiro atoms. The molecule has 1 N–H and O–H groups in total. The van der Waals surface area contributed by atoms with Crippen molar-refractivity contribution in [2.75, 3.05) is 0 Å². The summed E-state index contributed by atoms with van der Waals surface area (Å²) in [5, 5.41) is 10.6. The second kappa shape index (κ2) is 1.93. The Labute approximate surface area is 51.2 Å². The summed E-state index contributed by atoms with van der Waals surface area (Å²) in [6.45, 7) is 0. The van der Waals surface area contributed by atoms with Crippen LogP contribution in [0, 0.1) is 5.92 Å². The normalized spacial score (nSPS) is 26.4. The van der Waals surface area contributed by atoms with Crippen LogP contribution in [0.3, 0.4) is 0 Å². The summed E-state index contributed by atoms with van der Waals surface area (Å²) in [6, 6.07) is 0. The molecule has 0 aromatic carbocycles. The van der Waals surface area contributed by atoms with Crippen molar-refractivity contribution in [1.82, 2.24) is 0 Å². The fourth-order valence-corrected chi connectivity index (χ4v) is 0.907. The summed E-state index contributed by atoms with van der Waals surface area (Å²) >= 11 is 0. The number of alkyl halides is 2. The molecule has 0 bridgehead atoms. The highest BCUT2D eigenvalue weighted by molar-refractivity contribution is 5.61. The minimum atomic E-state index is -2.51. The van der Waals surface area contributed by atoms with Gasteiger partial charge in [0.15, 0.2) is 0 Å². The van der Waals surface area contributed by atoms with Gasteiger partial charge in [-0.3, -0.25) is 0 Å². The first-order valence-corrected chi connectivity index (χ1v) is 2.69. The highest BCUT2D eigenvalue weighted by atomic mass is 19.3. The zero-order chi connectivity index (χ0) is 6.91. The molecule has 0 heterocycles. The number of nitrogens with zero attached hydrogens (tertiary/aromatic N) is 1. The third kappa shape index (κ3) is 1.37. The van der Waals surface area contributed by atoms with E-state index < -0.39 is 5.92 Å². The summed E-state index contributed by atoms with van der Waals surface area (Å²) in [7, 11) is 0. The van der Waals surface area contributed by atoms with Crippen LogP contribution in [0.5, 0.6) is 0 Å². The van der Waals surface area contributed by atoms with E-state index >= 15 is 0 Å². The highest BCUT2D eigenvalue weighted by Gasteiger charge is 2.44. The molecule has 0 aromatic rings. The standard InChI is InChI=1S/C5H7F2NO/c6-5(7)1-4(2-5)3-8-9/h3-4,9H,1-2H2/b8-3+. The lowest BCUT2D eigenvalue weighted by molar-refractivity contribution is -0.0900. The predicted octanol–water partition coefficient (Wildman–Crippen LogP) is 1.49. The van der Waals surface area contributed by atoms with Crippen LogP contribution in [0.1, 0.15) is 12.8 Å². The van der Waals surface area contributed by atoms with Gasteiger partial charge in [0, 0.05) is 25.0 Å². The van der Waals surface area contributed by atoms with Crippen molar-refractivity contribution in [1.29, 1.82) is 0 Å². The van der Waals surface area contributed by atoms with Gasteiger partial charge in [0.05, 0.1) is 0 Å². The monoisotopic (exact) mass is 135 g/mol. The molecule has 0 aliphatic heterocycles. The van der Waals surface area contributed by atoms with Gasteiger partial charge < -0.3 is 5.21 Å². The number of hydrogen-bond acceptors (Lipinski definition) is 2. The fraction of sp³-hybridized carbons (Fsp3) is 0.800. The van der Waals surface area contributed by atoms with E-state index in [0.717, 1.165) is 6.21 Å². The van der Waals surface area contributed by atoms with E-state index in [4.69, 9.17) is 5.21 Å². The smallest absolute Gasteiger partial charge is 0.249 e. The molecule has 9 heavy (non-hydrogen) atoms. The van der Waals surface area contributed by atoms with Gasteiger partial charge in [-0.2, -0.15) is 0 Å². The molecule has 1 saturated carbocycles. The topological polar surface area (TPSA) is 32.6 Å². The van der Waals surface area contributed by atoms with Gasteiger partial charge in [0.1, 0.15) is 0 Å². The molecule has 0 amide bonds. The summed E-state index contributed by atoms with van der Waals surface area (Å²) in [4.78, 5) is 0. The first kappa shape index (κ1) is 6.45. The van der Waals surface area contributed by atoms with E-state index in [1.54, 1.807) is 0 Å². The number of hydrogen-bond donors (Lipinski definition) is 1. The van der Waals surface area contributed by atoms with E-state index in [9.17, 15) is 8.78 Å². The molecule has 0 aromatic heterocycles. The van der Waals surface area contributed by atoms with Gasteiger partial charge in [-0.25, -0.2) is 8.78 Å². The molecule has 0 saturated heterocycles. The highest BCUT2D eigenvalue weighted by Crippen LogP contribution is 2.41. The van der Waals surface area contributed by atoms with Crippen molar-refractivity contribution in [3.05, 3.63) is 0 Å². The van der Waals surface area contributed by atoms with Crippen LogP contribution >= 0.6 is 0 Å². The molecule has 52 valence electrons.